The first kappa shape index (κ1) is 13.3. The molecule has 0 fully saturated rings. The number of rotatable bonds is 4. The first-order valence-corrected chi connectivity index (χ1v) is 5.45. The third kappa shape index (κ3) is 4.49. The first-order valence-electron chi connectivity index (χ1n) is 5.45. The number of guanidine groups is 1. The lowest BCUT2D eigenvalue weighted by Crippen LogP contribution is -2.36. The summed E-state index contributed by atoms with van der Waals surface area (Å²) in [5, 5.41) is 0. The van der Waals surface area contributed by atoms with Gasteiger partial charge in [0.25, 0.3) is 0 Å². The van der Waals surface area contributed by atoms with Gasteiger partial charge in [-0.15, -0.1) is 0 Å². The molecular formula is C11H25N3. The van der Waals surface area contributed by atoms with Crippen LogP contribution in [0.3, 0.4) is 0 Å². The van der Waals surface area contributed by atoms with Gasteiger partial charge in [-0.3, -0.25) is 0 Å². The van der Waals surface area contributed by atoms with Crippen LogP contribution >= 0.6 is 0 Å². The van der Waals surface area contributed by atoms with Gasteiger partial charge in [-0.1, -0.05) is 20.3 Å². The van der Waals surface area contributed by atoms with Crippen LogP contribution in [-0.4, -0.2) is 50.0 Å². The summed E-state index contributed by atoms with van der Waals surface area (Å²) in [5.41, 5.74) is 0. The normalized spacial score (nSPS) is 12.1. The van der Waals surface area contributed by atoms with Crippen molar-refractivity contribution >= 4 is 5.96 Å². The average molecular weight is 199 g/mol. The van der Waals surface area contributed by atoms with Gasteiger partial charge < -0.3 is 9.80 Å². The molecule has 84 valence electrons. The van der Waals surface area contributed by atoms with Crippen LogP contribution in [0.2, 0.25) is 0 Å². The summed E-state index contributed by atoms with van der Waals surface area (Å²) < 4.78 is 0. The molecule has 0 amide bonds. The largest absolute Gasteiger partial charge is 0.349 e. The lowest BCUT2D eigenvalue weighted by Gasteiger charge is -2.24. The molecule has 1 atom stereocenters. The van der Waals surface area contributed by atoms with Crippen LogP contribution in [0.15, 0.2) is 4.99 Å². The van der Waals surface area contributed by atoms with Gasteiger partial charge in [0.15, 0.2) is 5.96 Å². The topological polar surface area (TPSA) is 18.8 Å². The molecule has 0 aliphatic heterocycles. The predicted molar refractivity (Wildman–Crippen MR) is 63.8 cm³/mol. The zero-order valence-electron chi connectivity index (χ0n) is 10.5. The van der Waals surface area contributed by atoms with Crippen molar-refractivity contribution < 1.29 is 0 Å². The second-order valence-corrected chi connectivity index (χ2v) is 4.07. The van der Waals surface area contributed by atoms with E-state index in [2.05, 4.69) is 23.6 Å². The molecule has 0 aromatic carbocycles. The third-order valence-electron chi connectivity index (χ3n) is 2.19. The maximum absolute atomic E-state index is 4.75. The molecule has 0 rings (SSSR count). The molecule has 1 unspecified atom stereocenters. The molecule has 0 bridgehead atoms. The fraction of sp³-hybridized carbons (Fsp3) is 0.909. The Morgan fingerprint density at radius 3 is 1.86 bits per heavy atom. The van der Waals surface area contributed by atoms with E-state index in [0.717, 1.165) is 12.4 Å². The molecule has 0 aromatic rings. The van der Waals surface area contributed by atoms with Gasteiger partial charge in [0.05, 0.1) is 6.04 Å². The Morgan fingerprint density at radius 1 is 1.07 bits per heavy atom. The van der Waals surface area contributed by atoms with Crippen molar-refractivity contribution in [3.8, 4) is 0 Å². The molecular weight excluding hydrogens is 174 g/mol. The van der Waals surface area contributed by atoms with E-state index in [9.17, 15) is 0 Å². The summed E-state index contributed by atoms with van der Waals surface area (Å²) in [4.78, 5) is 8.89. The lowest BCUT2D eigenvalue weighted by molar-refractivity contribution is 0.463. The van der Waals surface area contributed by atoms with Gasteiger partial charge in [0.2, 0.25) is 0 Å². The predicted octanol–water partition coefficient (Wildman–Crippen LogP) is 2.04. The summed E-state index contributed by atoms with van der Waals surface area (Å²) in [6.07, 6.45) is 3.51. The second-order valence-electron chi connectivity index (χ2n) is 4.07. The molecule has 0 N–H and O–H groups in total. The Labute approximate surface area is 88.8 Å². The monoisotopic (exact) mass is 199 g/mol. The highest BCUT2D eigenvalue weighted by atomic mass is 15.3. The van der Waals surface area contributed by atoms with E-state index in [4.69, 9.17) is 4.99 Å². The quantitative estimate of drug-likeness (QED) is 0.510. The van der Waals surface area contributed by atoms with Crippen molar-refractivity contribution in [1.29, 1.82) is 0 Å². The van der Waals surface area contributed by atoms with Crippen LogP contribution in [0.4, 0.5) is 0 Å². The number of nitrogens with zero attached hydrogens (tertiary/aromatic N) is 3. The maximum Gasteiger partial charge on any atom is 0.195 e. The molecule has 0 aliphatic rings. The molecule has 0 aliphatic carbocycles. The third-order valence-corrected chi connectivity index (χ3v) is 2.19. The van der Waals surface area contributed by atoms with Crippen LogP contribution in [0, 0.1) is 0 Å². The van der Waals surface area contributed by atoms with Gasteiger partial charge >= 0.3 is 0 Å². The number of hydrogen-bond acceptors (Lipinski definition) is 1. The van der Waals surface area contributed by atoms with Crippen LogP contribution in [0.5, 0.6) is 0 Å². The first-order chi connectivity index (χ1) is 6.52. The van der Waals surface area contributed by atoms with E-state index in [1.54, 1.807) is 0 Å². The molecule has 3 heteroatoms. The van der Waals surface area contributed by atoms with Crippen molar-refractivity contribution in [3.05, 3.63) is 0 Å². The van der Waals surface area contributed by atoms with E-state index >= 15 is 0 Å². The Kier molecular flexibility index (Phi) is 6.34. The smallest absolute Gasteiger partial charge is 0.195 e. The Morgan fingerprint density at radius 2 is 1.57 bits per heavy atom. The van der Waals surface area contributed by atoms with Gasteiger partial charge in [-0.05, 0) is 12.8 Å². The van der Waals surface area contributed by atoms with Crippen molar-refractivity contribution in [3.63, 3.8) is 0 Å². The molecule has 0 spiro atoms. The summed E-state index contributed by atoms with van der Waals surface area (Å²) in [6.45, 7) is 4.41. The zero-order chi connectivity index (χ0) is 11.1. The minimum atomic E-state index is 0.472. The Hall–Kier alpha value is -0.730. The highest BCUT2D eigenvalue weighted by molar-refractivity contribution is 5.79. The fourth-order valence-electron chi connectivity index (χ4n) is 1.49. The molecule has 0 aromatic heterocycles. The molecule has 3 nitrogen and oxygen atoms in total. The van der Waals surface area contributed by atoms with E-state index < -0.39 is 0 Å². The summed E-state index contributed by atoms with van der Waals surface area (Å²) in [5.74, 6) is 1.06. The lowest BCUT2D eigenvalue weighted by atomic mass is 10.1. The number of aliphatic imine (C=N–C) groups is 1. The van der Waals surface area contributed by atoms with Crippen LogP contribution in [0.25, 0.3) is 0 Å². The number of hydrogen-bond donors (Lipinski definition) is 0. The zero-order valence-corrected chi connectivity index (χ0v) is 10.5. The van der Waals surface area contributed by atoms with E-state index in [1.165, 1.54) is 12.8 Å². The van der Waals surface area contributed by atoms with E-state index in [-0.39, 0.29) is 0 Å². The van der Waals surface area contributed by atoms with Crippen LogP contribution in [-0.2, 0) is 0 Å². The van der Waals surface area contributed by atoms with Crippen LogP contribution in [0.1, 0.15) is 33.1 Å². The van der Waals surface area contributed by atoms with Gasteiger partial charge in [-0.2, -0.15) is 0 Å². The summed E-state index contributed by atoms with van der Waals surface area (Å²) >= 11 is 0. The molecule has 14 heavy (non-hydrogen) atoms. The maximum atomic E-state index is 4.75. The Bertz CT molecular complexity index is 163. The molecule has 0 saturated carbocycles. The highest BCUT2D eigenvalue weighted by Gasteiger charge is 2.08. The van der Waals surface area contributed by atoms with Gasteiger partial charge in [0.1, 0.15) is 0 Å². The average Bonchev–Trinajstić information content (AvgIpc) is 2.10. The van der Waals surface area contributed by atoms with E-state index in [0.29, 0.717) is 6.04 Å². The van der Waals surface area contributed by atoms with Gasteiger partial charge in [0, 0.05) is 28.2 Å². The second kappa shape index (κ2) is 6.68. The minimum Gasteiger partial charge on any atom is -0.349 e. The summed E-state index contributed by atoms with van der Waals surface area (Å²) in [6, 6.07) is 0.472. The standard InChI is InChI=1S/C11H25N3/c1-7-9-10(8-2)12-11(13(3)4)14(5)6/h10H,7-9H2,1-6H3. The van der Waals surface area contributed by atoms with Gasteiger partial charge in [-0.25, -0.2) is 4.99 Å². The SMILES string of the molecule is CCCC(CC)N=C(N(C)C)N(C)C. The van der Waals surface area contributed by atoms with Crippen molar-refractivity contribution in [2.45, 2.75) is 39.2 Å². The van der Waals surface area contributed by atoms with Crippen molar-refractivity contribution in [2.24, 2.45) is 4.99 Å². The van der Waals surface area contributed by atoms with Crippen molar-refractivity contribution in [2.75, 3.05) is 28.2 Å². The van der Waals surface area contributed by atoms with Crippen molar-refractivity contribution in [1.82, 2.24) is 9.80 Å². The fourth-order valence-corrected chi connectivity index (χ4v) is 1.49. The molecule has 0 radical (unpaired) electrons. The summed E-state index contributed by atoms with van der Waals surface area (Å²) in [7, 11) is 8.16. The minimum absolute atomic E-state index is 0.472. The molecule has 0 saturated heterocycles. The van der Waals surface area contributed by atoms with E-state index in [1.807, 2.05) is 28.2 Å². The Balaban J connectivity index is 4.51. The van der Waals surface area contributed by atoms with Crippen LogP contribution < -0.4 is 0 Å². The highest BCUT2D eigenvalue weighted by Crippen LogP contribution is 2.07. The molecule has 0 heterocycles.